The molecule has 0 bridgehead atoms. The predicted molar refractivity (Wildman–Crippen MR) is 75.7 cm³/mol. The van der Waals surface area contributed by atoms with Gasteiger partial charge in [-0.3, -0.25) is 4.98 Å². The van der Waals surface area contributed by atoms with Crippen molar-refractivity contribution in [1.29, 1.82) is 0 Å². The third-order valence-electron chi connectivity index (χ3n) is 3.66. The number of nitrogens with two attached hydrogens (primary N) is 1. The molecular weight excluding hydrogens is 242 g/mol. The van der Waals surface area contributed by atoms with Crippen molar-refractivity contribution in [3.8, 4) is 0 Å². The summed E-state index contributed by atoms with van der Waals surface area (Å²) in [7, 11) is 4.17. The van der Waals surface area contributed by atoms with Crippen molar-refractivity contribution in [2.45, 2.75) is 18.9 Å². The Morgan fingerprint density at radius 3 is 3.11 bits per heavy atom. The summed E-state index contributed by atoms with van der Waals surface area (Å²) >= 11 is 0. The molecule has 1 atom stereocenters. The molecule has 1 unspecified atom stereocenters. The highest BCUT2D eigenvalue weighted by Crippen LogP contribution is 2.23. The molecule has 6 nitrogen and oxygen atoms in total. The van der Waals surface area contributed by atoms with E-state index in [0.29, 0.717) is 11.7 Å². The van der Waals surface area contributed by atoms with Gasteiger partial charge in [0.05, 0.1) is 5.69 Å². The number of piperidine rings is 1. The Morgan fingerprint density at radius 1 is 1.63 bits per heavy atom. The summed E-state index contributed by atoms with van der Waals surface area (Å²) < 4.78 is 0. The van der Waals surface area contributed by atoms with Crippen LogP contribution in [0.5, 0.6) is 0 Å². The van der Waals surface area contributed by atoms with E-state index in [4.69, 9.17) is 10.9 Å². The van der Waals surface area contributed by atoms with Crippen molar-refractivity contribution >= 4 is 11.5 Å². The minimum absolute atomic E-state index is 0.0478. The van der Waals surface area contributed by atoms with Crippen LogP contribution in [0.4, 0.5) is 5.69 Å². The number of likely N-dealkylation sites (N-methyl/N-ethyl adjacent to an activating group) is 2. The first-order valence-corrected chi connectivity index (χ1v) is 6.47. The Balaban J connectivity index is 2.25. The Hall–Kier alpha value is -1.82. The highest BCUT2D eigenvalue weighted by molar-refractivity contribution is 6.00. The van der Waals surface area contributed by atoms with Gasteiger partial charge in [0.25, 0.3) is 0 Å². The van der Waals surface area contributed by atoms with Crippen molar-refractivity contribution in [3.05, 3.63) is 24.0 Å². The number of pyridine rings is 1. The molecule has 1 aromatic rings. The molecule has 2 rings (SSSR count). The molecule has 1 aliphatic rings. The van der Waals surface area contributed by atoms with Crippen molar-refractivity contribution in [3.63, 3.8) is 0 Å². The molecule has 0 spiro atoms. The second-order valence-corrected chi connectivity index (χ2v) is 5.03. The lowest BCUT2D eigenvalue weighted by atomic mass is 10.0. The van der Waals surface area contributed by atoms with E-state index in [-0.39, 0.29) is 5.84 Å². The number of oxime groups is 1. The van der Waals surface area contributed by atoms with Crippen LogP contribution in [-0.2, 0) is 0 Å². The fourth-order valence-corrected chi connectivity index (χ4v) is 2.58. The highest BCUT2D eigenvalue weighted by Gasteiger charge is 2.23. The monoisotopic (exact) mass is 263 g/mol. The lowest BCUT2D eigenvalue weighted by Gasteiger charge is -2.37. The number of likely N-dealkylation sites (tertiary alicyclic amines) is 1. The molecule has 0 saturated carbocycles. The number of anilines is 1. The largest absolute Gasteiger partial charge is 0.409 e. The predicted octanol–water partition coefficient (Wildman–Crippen LogP) is 0.707. The van der Waals surface area contributed by atoms with Gasteiger partial charge in [0.15, 0.2) is 5.84 Å². The van der Waals surface area contributed by atoms with Crippen LogP contribution in [0.1, 0.15) is 18.5 Å². The van der Waals surface area contributed by atoms with Gasteiger partial charge < -0.3 is 20.7 Å². The third-order valence-corrected chi connectivity index (χ3v) is 3.66. The zero-order valence-electron chi connectivity index (χ0n) is 11.5. The molecule has 1 fully saturated rings. The average Bonchev–Trinajstić information content (AvgIpc) is 2.45. The van der Waals surface area contributed by atoms with Gasteiger partial charge in [0, 0.05) is 25.8 Å². The highest BCUT2D eigenvalue weighted by atomic mass is 16.4. The first-order chi connectivity index (χ1) is 9.13. The van der Waals surface area contributed by atoms with Crippen LogP contribution in [0.2, 0.25) is 0 Å². The lowest BCUT2D eigenvalue weighted by Crippen LogP contribution is -2.45. The number of hydrogen-bond donors (Lipinski definition) is 2. The lowest BCUT2D eigenvalue weighted by molar-refractivity contribution is 0.248. The molecule has 1 aromatic heterocycles. The second kappa shape index (κ2) is 5.88. The van der Waals surface area contributed by atoms with Crippen molar-refractivity contribution in [2.75, 3.05) is 32.1 Å². The molecule has 6 heteroatoms. The van der Waals surface area contributed by atoms with Crippen molar-refractivity contribution < 1.29 is 5.21 Å². The quantitative estimate of drug-likeness (QED) is 0.363. The summed E-state index contributed by atoms with van der Waals surface area (Å²) in [5.41, 5.74) is 7.12. The number of hydrogen-bond acceptors (Lipinski definition) is 5. The van der Waals surface area contributed by atoms with Gasteiger partial charge in [-0.15, -0.1) is 0 Å². The van der Waals surface area contributed by atoms with E-state index in [9.17, 15) is 0 Å². The van der Waals surface area contributed by atoms with E-state index in [1.165, 1.54) is 6.42 Å². The first-order valence-electron chi connectivity index (χ1n) is 6.47. The maximum absolute atomic E-state index is 8.84. The average molecular weight is 263 g/mol. The van der Waals surface area contributed by atoms with Crippen LogP contribution < -0.4 is 10.6 Å². The summed E-state index contributed by atoms with van der Waals surface area (Å²) in [4.78, 5) is 8.71. The summed E-state index contributed by atoms with van der Waals surface area (Å²) in [6.45, 7) is 2.16. The Morgan fingerprint density at radius 2 is 2.42 bits per heavy atom. The number of nitrogens with zero attached hydrogens (tertiary/aromatic N) is 4. The van der Waals surface area contributed by atoms with Crippen molar-refractivity contribution in [2.24, 2.45) is 10.9 Å². The summed E-state index contributed by atoms with van der Waals surface area (Å²) in [6.07, 6.45) is 3.98. The molecular formula is C13H21N5O. The maximum Gasteiger partial charge on any atom is 0.190 e. The van der Waals surface area contributed by atoms with E-state index in [0.717, 1.165) is 25.2 Å². The Kier molecular flexibility index (Phi) is 4.21. The Labute approximate surface area is 113 Å². The van der Waals surface area contributed by atoms with Crippen LogP contribution in [-0.4, -0.2) is 54.2 Å². The van der Waals surface area contributed by atoms with E-state index in [1.54, 1.807) is 6.20 Å². The molecule has 1 aliphatic heterocycles. The molecule has 104 valence electrons. The summed E-state index contributed by atoms with van der Waals surface area (Å²) in [6, 6.07) is 4.25. The van der Waals surface area contributed by atoms with Gasteiger partial charge in [0.2, 0.25) is 0 Å². The van der Waals surface area contributed by atoms with Gasteiger partial charge in [0.1, 0.15) is 5.69 Å². The number of amidine groups is 1. The molecule has 0 radical (unpaired) electrons. The molecule has 0 aliphatic carbocycles. The molecule has 0 aromatic carbocycles. The maximum atomic E-state index is 8.84. The minimum Gasteiger partial charge on any atom is -0.409 e. The molecule has 19 heavy (non-hydrogen) atoms. The minimum atomic E-state index is 0.0478. The summed E-state index contributed by atoms with van der Waals surface area (Å²) in [5, 5.41) is 11.9. The number of rotatable bonds is 3. The van der Waals surface area contributed by atoms with E-state index < -0.39 is 0 Å². The van der Waals surface area contributed by atoms with Gasteiger partial charge >= 0.3 is 0 Å². The SMILES string of the molecule is CN1CCCC(N(C)c2cccnc2/C(N)=N/O)C1. The fourth-order valence-electron chi connectivity index (χ4n) is 2.58. The number of aromatic nitrogens is 1. The Bertz CT molecular complexity index is 462. The van der Waals surface area contributed by atoms with E-state index in [1.807, 2.05) is 19.2 Å². The van der Waals surface area contributed by atoms with Crippen LogP contribution in [0.15, 0.2) is 23.5 Å². The molecule has 0 amide bonds. The van der Waals surface area contributed by atoms with Crippen molar-refractivity contribution in [1.82, 2.24) is 9.88 Å². The second-order valence-electron chi connectivity index (χ2n) is 5.03. The zero-order chi connectivity index (χ0) is 13.8. The smallest absolute Gasteiger partial charge is 0.190 e. The van der Waals surface area contributed by atoms with Crippen LogP contribution in [0.25, 0.3) is 0 Å². The van der Waals surface area contributed by atoms with Crippen LogP contribution in [0.3, 0.4) is 0 Å². The first kappa shape index (κ1) is 13.6. The van der Waals surface area contributed by atoms with Crippen LogP contribution >= 0.6 is 0 Å². The van der Waals surface area contributed by atoms with Gasteiger partial charge in [-0.05, 0) is 38.6 Å². The third kappa shape index (κ3) is 2.96. The zero-order valence-corrected chi connectivity index (χ0v) is 11.5. The standard InChI is InChI=1S/C13H21N5O/c1-17-8-4-5-10(9-17)18(2)11-6-3-7-15-12(11)13(14)16-19/h3,6-7,10,19H,4-5,8-9H2,1-2H3,(H2,14,16). The normalized spacial score (nSPS) is 21.4. The van der Waals surface area contributed by atoms with Gasteiger partial charge in [-0.1, -0.05) is 5.16 Å². The molecule has 3 N–H and O–H groups in total. The van der Waals surface area contributed by atoms with E-state index >= 15 is 0 Å². The van der Waals surface area contributed by atoms with Gasteiger partial charge in [-0.25, -0.2) is 0 Å². The van der Waals surface area contributed by atoms with E-state index in [2.05, 4.69) is 27.0 Å². The molecule has 2 heterocycles. The fraction of sp³-hybridized carbons (Fsp3) is 0.538. The molecule has 1 saturated heterocycles. The summed E-state index contributed by atoms with van der Waals surface area (Å²) in [5.74, 6) is 0.0478. The topological polar surface area (TPSA) is 78.0 Å². The van der Waals surface area contributed by atoms with Crippen LogP contribution in [0, 0.1) is 0 Å². The van der Waals surface area contributed by atoms with Gasteiger partial charge in [-0.2, -0.15) is 0 Å².